The second-order valence-electron chi connectivity index (χ2n) is 4.30. The first-order chi connectivity index (χ1) is 10.2. The van der Waals surface area contributed by atoms with Crippen LogP contribution in [0.1, 0.15) is 5.82 Å². The van der Waals surface area contributed by atoms with E-state index in [2.05, 4.69) is 29.0 Å². The van der Waals surface area contributed by atoms with Gasteiger partial charge < -0.3 is 5.32 Å². The fourth-order valence-corrected chi connectivity index (χ4v) is 3.72. The molecule has 0 fully saturated rings. The largest absolute Gasteiger partial charge is 0.330 e. The maximum Gasteiger partial charge on any atom is 0.189 e. The Morgan fingerprint density at radius 1 is 1.10 bits per heavy atom. The van der Waals surface area contributed by atoms with Crippen molar-refractivity contribution in [2.24, 2.45) is 0 Å². The summed E-state index contributed by atoms with van der Waals surface area (Å²) in [7, 11) is 0. The van der Waals surface area contributed by atoms with Gasteiger partial charge >= 0.3 is 0 Å². The normalized spacial score (nSPS) is 11.3. The van der Waals surface area contributed by atoms with Crippen molar-refractivity contribution < 1.29 is 0 Å². The quantitative estimate of drug-likeness (QED) is 0.562. The average molecular weight is 335 g/mol. The van der Waals surface area contributed by atoms with Crippen LogP contribution in [0.2, 0.25) is 5.15 Å². The number of aromatic nitrogens is 5. The molecule has 1 aromatic carbocycles. The van der Waals surface area contributed by atoms with E-state index >= 15 is 0 Å². The Morgan fingerprint density at radius 3 is 2.90 bits per heavy atom. The van der Waals surface area contributed by atoms with Gasteiger partial charge in [-0.2, -0.15) is 8.75 Å². The highest BCUT2D eigenvalue weighted by Gasteiger charge is 2.12. The predicted molar refractivity (Wildman–Crippen MR) is 85.7 cm³/mol. The van der Waals surface area contributed by atoms with Crippen LogP contribution >= 0.6 is 34.7 Å². The Morgan fingerprint density at radius 2 is 2.00 bits per heavy atom. The molecule has 0 saturated carbocycles. The van der Waals surface area contributed by atoms with Crippen molar-refractivity contribution in [1.29, 1.82) is 0 Å². The number of rotatable bonds is 2. The molecule has 0 aliphatic carbocycles. The lowest BCUT2D eigenvalue weighted by molar-refractivity contribution is 1.09. The van der Waals surface area contributed by atoms with Gasteiger partial charge in [0.15, 0.2) is 15.1 Å². The van der Waals surface area contributed by atoms with Crippen molar-refractivity contribution in [3.05, 3.63) is 29.2 Å². The smallest absolute Gasteiger partial charge is 0.189 e. The highest BCUT2D eigenvalue weighted by Crippen LogP contribution is 2.32. The first kappa shape index (κ1) is 12.8. The predicted octanol–water partition coefficient (Wildman–Crippen LogP) is 3.80. The SMILES string of the molecule is Cc1nc(Cl)c2nc(Nc3cccc4nsnc34)sc2n1. The van der Waals surface area contributed by atoms with Crippen molar-refractivity contribution in [3.63, 3.8) is 0 Å². The van der Waals surface area contributed by atoms with Gasteiger partial charge in [-0.3, -0.25) is 0 Å². The number of benzene rings is 1. The zero-order valence-corrected chi connectivity index (χ0v) is 13.1. The minimum atomic E-state index is 0.371. The molecule has 21 heavy (non-hydrogen) atoms. The van der Waals surface area contributed by atoms with Crippen molar-refractivity contribution in [1.82, 2.24) is 23.7 Å². The van der Waals surface area contributed by atoms with Crippen LogP contribution in [0, 0.1) is 6.92 Å². The molecule has 9 heteroatoms. The van der Waals surface area contributed by atoms with Gasteiger partial charge in [-0.05, 0) is 19.1 Å². The molecule has 0 atom stereocenters. The Kier molecular flexibility index (Phi) is 2.95. The molecule has 0 spiro atoms. The zero-order valence-electron chi connectivity index (χ0n) is 10.7. The van der Waals surface area contributed by atoms with Gasteiger partial charge in [-0.1, -0.05) is 29.0 Å². The molecule has 0 saturated heterocycles. The molecule has 0 aliphatic rings. The molecule has 0 amide bonds. The van der Waals surface area contributed by atoms with Crippen LogP contribution < -0.4 is 5.32 Å². The maximum atomic E-state index is 6.10. The zero-order chi connectivity index (χ0) is 14.4. The second kappa shape index (κ2) is 4.83. The molecule has 0 radical (unpaired) electrons. The third-order valence-electron chi connectivity index (χ3n) is 2.86. The van der Waals surface area contributed by atoms with E-state index in [4.69, 9.17) is 11.6 Å². The van der Waals surface area contributed by atoms with Gasteiger partial charge in [0.2, 0.25) is 0 Å². The van der Waals surface area contributed by atoms with E-state index < -0.39 is 0 Å². The summed E-state index contributed by atoms with van der Waals surface area (Å²) in [5.41, 5.74) is 3.16. The van der Waals surface area contributed by atoms with Crippen LogP contribution in [-0.2, 0) is 0 Å². The van der Waals surface area contributed by atoms with Crippen molar-refractivity contribution >= 4 is 66.9 Å². The summed E-state index contributed by atoms with van der Waals surface area (Å²) in [6.07, 6.45) is 0. The monoisotopic (exact) mass is 334 g/mol. The molecule has 0 aliphatic heterocycles. The van der Waals surface area contributed by atoms with Crippen LogP contribution in [-0.4, -0.2) is 23.7 Å². The van der Waals surface area contributed by atoms with E-state index in [0.29, 0.717) is 21.6 Å². The molecule has 0 unspecified atom stereocenters. The standard InChI is InChI=1S/C12H7ClN6S2/c1-5-14-10(13)9-11(15-5)20-12(17-9)16-6-3-2-4-7-8(6)19-21-18-7/h2-4H,1H3,(H,16,17). The Balaban J connectivity index is 1.81. The summed E-state index contributed by atoms with van der Waals surface area (Å²) < 4.78 is 8.51. The van der Waals surface area contributed by atoms with Crippen LogP contribution in [0.15, 0.2) is 18.2 Å². The lowest BCUT2D eigenvalue weighted by atomic mass is 10.3. The molecule has 3 heterocycles. The average Bonchev–Trinajstić information content (AvgIpc) is 3.05. The molecular formula is C12H7ClN6S2. The Bertz CT molecular complexity index is 963. The Labute approximate surface area is 132 Å². The van der Waals surface area contributed by atoms with Gasteiger partial charge in [-0.15, -0.1) is 0 Å². The number of hydrogen-bond acceptors (Lipinski definition) is 8. The van der Waals surface area contributed by atoms with Gasteiger partial charge in [0.05, 0.1) is 17.4 Å². The number of nitrogens with one attached hydrogen (secondary N) is 1. The highest BCUT2D eigenvalue weighted by atomic mass is 35.5. The topological polar surface area (TPSA) is 76.5 Å². The summed E-state index contributed by atoms with van der Waals surface area (Å²) in [5.74, 6) is 0.633. The molecule has 4 aromatic rings. The maximum absolute atomic E-state index is 6.10. The number of hydrogen-bond donors (Lipinski definition) is 1. The lowest BCUT2D eigenvalue weighted by Gasteiger charge is -2.01. The summed E-state index contributed by atoms with van der Waals surface area (Å²) >= 11 is 8.72. The number of anilines is 2. The molecule has 6 nitrogen and oxygen atoms in total. The van der Waals surface area contributed by atoms with Gasteiger partial charge in [0.1, 0.15) is 22.4 Å². The molecule has 104 valence electrons. The minimum Gasteiger partial charge on any atom is -0.330 e. The van der Waals surface area contributed by atoms with E-state index in [1.54, 1.807) is 6.92 Å². The fraction of sp³-hybridized carbons (Fsp3) is 0.0833. The second-order valence-corrected chi connectivity index (χ2v) is 6.16. The number of aryl methyl sites for hydroxylation is 1. The summed E-state index contributed by atoms with van der Waals surface area (Å²) in [4.78, 5) is 13.7. The summed E-state index contributed by atoms with van der Waals surface area (Å²) in [6.45, 7) is 1.81. The minimum absolute atomic E-state index is 0.371. The van der Waals surface area contributed by atoms with Crippen LogP contribution in [0.3, 0.4) is 0 Å². The van der Waals surface area contributed by atoms with Gasteiger partial charge in [-0.25, -0.2) is 15.0 Å². The third kappa shape index (κ3) is 2.21. The van der Waals surface area contributed by atoms with E-state index in [1.807, 2.05) is 18.2 Å². The lowest BCUT2D eigenvalue weighted by Crippen LogP contribution is -1.90. The number of halogens is 1. The molecule has 1 N–H and O–H groups in total. The highest BCUT2D eigenvalue weighted by molar-refractivity contribution is 7.21. The van der Waals surface area contributed by atoms with E-state index in [-0.39, 0.29) is 0 Å². The number of nitrogens with zero attached hydrogens (tertiary/aromatic N) is 5. The van der Waals surface area contributed by atoms with Crippen molar-refractivity contribution in [3.8, 4) is 0 Å². The summed E-state index contributed by atoms with van der Waals surface area (Å²) in [6, 6.07) is 5.79. The Hall–Kier alpha value is -1.90. The number of fused-ring (bicyclic) bond motifs is 2. The molecule has 3 aromatic heterocycles. The van der Waals surface area contributed by atoms with E-state index in [0.717, 1.165) is 21.6 Å². The van der Waals surface area contributed by atoms with Crippen LogP contribution in [0.4, 0.5) is 10.8 Å². The first-order valence-corrected chi connectivity index (χ1v) is 7.92. The number of thiazole rings is 1. The van der Waals surface area contributed by atoms with Crippen molar-refractivity contribution in [2.75, 3.05) is 5.32 Å². The van der Waals surface area contributed by atoms with Gasteiger partial charge in [0.25, 0.3) is 0 Å². The van der Waals surface area contributed by atoms with E-state index in [1.165, 1.54) is 23.1 Å². The van der Waals surface area contributed by atoms with Crippen LogP contribution in [0.5, 0.6) is 0 Å². The van der Waals surface area contributed by atoms with E-state index in [9.17, 15) is 0 Å². The first-order valence-electron chi connectivity index (χ1n) is 6.00. The molecule has 0 bridgehead atoms. The summed E-state index contributed by atoms with van der Waals surface area (Å²) in [5, 5.41) is 4.33. The third-order valence-corrected chi connectivity index (χ3v) is 4.53. The molecule has 4 rings (SSSR count). The van der Waals surface area contributed by atoms with Gasteiger partial charge in [0, 0.05) is 0 Å². The van der Waals surface area contributed by atoms with Crippen LogP contribution in [0.25, 0.3) is 21.4 Å². The molecular weight excluding hydrogens is 328 g/mol. The van der Waals surface area contributed by atoms with Crippen molar-refractivity contribution in [2.45, 2.75) is 6.92 Å². The fourth-order valence-electron chi connectivity index (χ4n) is 1.96.